The quantitative estimate of drug-likeness (QED) is 0.597. The maximum atomic E-state index is 11.5. The highest BCUT2D eigenvalue weighted by Crippen LogP contribution is 2.28. The van der Waals surface area contributed by atoms with Gasteiger partial charge in [0.25, 0.3) is 0 Å². The molecule has 1 aromatic rings. The first-order valence-corrected chi connectivity index (χ1v) is 6.49. The minimum atomic E-state index is 0.135. The Kier molecular flexibility index (Phi) is 4.45. The van der Waals surface area contributed by atoms with Crippen molar-refractivity contribution in [2.45, 2.75) is 25.7 Å². The Bertz CT molecular complexity index is 403. The Morgan fingerprint density at radius 3 is 2.94 bits per heavy atom. The Morgan fingerprint density at radius 1 is 1.44 bits per heavy atom. The second-order valence-electron chi connectivity index (χ2n) is 4.77. The molecular formula is C14H20N2O2. The van der Waals surface area contributed by atoms with Gasteiger partial charge in [-0.2, -0.15) is 0 Å². The molecule has 0 aliphatic heterocycles. The lowest BCUT2D eigenvalue weighted by atomic mass is 9.83. The zero-order chi connectivity index (χ0) is 12.8. The molecule has 1 fully saturated rings. The standard InChI is InChI=1S/C14H20N2O2/c15-12-5-2-6-13(10-12)18-8-7-16-14(17)9-11-3-1-4-11/h2,5-6,10-11H,1,3-4,7-9,15H2,(H,16,17). The largest absolute Gasteiger partial charge is 0.492 e. The average molecular weight is 248 g/mol. The third-order valence-corrected chi connectivity index (χ3v) is 3.25. The van der Waals surface area contributed by atoms with E-state index in [4.69, 9.17) is 10.5 Å². The normalized spacial score (nSPS) is 14.9. The lowest BCUT2D eigenvalue weighted by Crippen LogP contribution is -2.30. The van der Waals surface area contributed by atoms with Crippen LogP contribution in [0.25, 0.3) is 0 Å². The van der Waals surface area contributed by atoms with Crippen LogP contribution in [0, 0.1) is 5.92 Å². The molecule has 0 bridgehead atoms. The fraction of sp³-hybridized carbons (Fsp3) is 0.500. The molecule has 2 rings (SSSR count). The van der Waals surface area contributed by atoms with Crippen molar-refractivity contribution < 1.29 is 9.53 Å². The molecule has 1 aliphatic carbocycles. The summed E-state index contributed by atoms with van der Waals surface area (Å²) in [6, 6.07) is 7.29. The van der Waals surface area contributed by atoms with Crippen LogP contribution in [-0.2, 0) is 4.79 Å². The van der Waals surface area contributed by atoms with Crippen molar-refractivity contribution in [3.05, 3.63) is 24.3 Å². The smallest absolute Gasteiger partial charge is 0.220 e. The maximum Gasteiger partial charge on any atom is 0.220 e. The summed E-state index contributed by atoms with van der Waals surface area (Å²) in [6.45, 7) is 1.01. The van der Waals surface area contributed by atoms with Gasteiger partial charge in [-0.05, 0) is 30.9 Å². The topological polar surface area (TPSA) is 64.3 Å². The van der Waals surface area contributed by atoms with Crippen LogP contribution in [0.5, 0.6) is 5.75 Å². The van der Waals surface area contributed by atoms with Crippen LogP contribution in [-0.4, -0.2) is 19.1 Å². The van der Waals surface area contributed by atoms with Crippen LogP contribution in [0.15, 0.2) is 24.3 Å². The van der Waals surface area contributed by atoms with Gasteiger partial charge in [-0.1, -0.05) is 12.5 Å². The molecule has 4 heteroatoms. The molecule has 4 nitrogen and oxygen atoms in total. The molecule has 1 aliphatic rings. The van der Waals surface area contributed by atoms with Gasteiger partial charge in [-0.15, -0.1) is 0 Å². The summed E-state index contributed by atoms with van der Waals surface area (Å²) in [5.41, 5.74) is 6.32. The molecule has 0 radical (unpaired) electrons. The average Bonchev–Trinajstić information content (AvgIpc) is 2.30. The van der Waals surface area contributed by atoms with Gasteiger partial charge in [0, 0.05) is 18.2 Å². The minimum absolute atomic E-state index is 0.135. The van der Waals surface area contributed by atoms with Gasteiger partial charge in [0.05, 0.1) is 6.54 Å². The molecule has 0 unspecified atom stereocenters. The van der Waals surface area contributed by atoms with E-state index in [1.54, 1.807) is 6.07 Å². The van der Waals surface area contributed by atoms with Crippen LogP contribution in [0.4, 0.5) is 5.69 Å². The lowest BCUT2D eigenvalue weighted by Gasteiger charge is -2.24. The molecule has 18 heavy (non-hydrogen) atoms. The van der Waals surface area contributed by atoms with Crippen molar-refractivity contribution >= 4 is 11.6 Å². The van der Waals surface area contributed by atoms with Crippen molar-refractivity contribution in [1.82, 2.24) is 5.32 Å². The van der Waals surface area contributed by atoms with Crippen LogP contribution in [0.3, 0.4) is 0 Å². The van der Waals surface area contributed by atoms with Gasteiger partial charge in [-0.3, -0.25) is 4.79 Å². The van der Waals surface area contributed by atoms with E-state index in [0.29, 0.717) is 31.2 Å². The highest BCUT2D eigenvalue weighted by molar-refractivity contribution is 5.76. The second kappa shape index (κ2) is 6.28. The van der Waals surface area contributed by atoms with Gasteiger partial charge in [0.1, 0.15) is 12.4 Å². The number of ether oxygens (including phenoxy) is 1. The molecule has 0 heterocycles. The van der Waals surface area contributed by atoms with Gasteiger partial charge in [-0.25, -0.2) is 0 Å². The van der Waals surface area contributed by atoms with Crippen LogP contribution in [0.1, 0.15) is 25.7 Å². The number of anilines is 1. The van der Waals surface area contributed by atoms with Crippen molar-refractivity contribution in [2.24, 2.45) is 5.92 Å². The van der Waals surface area contributed by atoms with E-state index in [0.717, 1.165) is 5.75 Å². The summed E-state index contributed by atoms with van der Waals surface area (Å²) in [5.74, 6) is 1.49. The first-order chi connectivity index (χ1) is 8.74. The molecule has 0 saturated heterocycles. The number of rotatable bonds is 6. The predicted molar refractivity (Wildman–Crippen MR) is 71.3 cm³/mol. The van der Waals surface area contributed by atoms with Crippen molar-refractivity contribution in [1.29, 1.82) is 0 Å². The molecule has 98 valence electrons. The SMILES string of the molecule is Nc1cccc(OCCNC(=O)CC2CCC2)c1. The highest BCUT2D eigenvalue weighted by Gasteiger charge is 2.20. The highest BCUT2D eigenvalue weighted by atomic mass is 16.5. The molecule has 1 aromatic carbocycles. The number of nitrogens with one attached hydrogen (secondary N) is 1. The van der Waals surface area contributed by atoms with Crippen molar-refractivity contribution in [2.75, 3.05) is 18.9 Å². The first-order valence-electron chi connectivity index (χ1n) is 6.49. The molecule has 0 aromatic heterocycles. The van der Waals surface area contributed by atoms with Crippen LogP contribution >= 0.6 is 0 Å². The number of amides is 1. The fourth-order valence-corrected chi connectivity index (χ4v) is 1.99. The fourth-order valence-electron chi connectivity index (χ4n) is 1.99. The molecule has 1 amide bonds. The number of nitrogens with two attached hydrogens (primary N) is 1. The zero-order valence-corrected chi connectivity index (χ0v) is 10.5. The summed E-state index contributed by atoms with van der Waals surface area (Å²) < 4.78 is 5.49. The summed E-state index contributed by atoms with van der Waals surface area (Å²) in [5, 5.41) is 2.87. The molecule has 1 saturated carbocycles. The van der Waals surface area contributed by atoms with E-state index in [1.165, 1.54) is 19.3 Å². The van der Waals surface area contributed by atoms with Crippen LogP contribution in [0.2, 0.25) is 0 Å². The molecular weight excluding hydrogens is 228 g/mol. The van der Waals surface area contributed by atoms with Crippen molar-refractivity contribution in [3.8, 4) is 5.75 Å². The zero-order valence-electron chi connectivity index (χ0n) is 10.5. The minimum Gasteiger partial charge on any atom is -0.492 e. The summed E-state index contributed by atoms with van der Waals surface area (Å²) in [7, 11) is 0. The number of carbonyl (C=O) groups is 1. The summed E-state index contributed by atoms with van der Waals surface area (Å²) in [4.78, 5) is 11.5. The molecule has 0 spiro atoms. The van der Waals surface area contributed by atoms with E-state index in [2.05, 4.69) is 5.32 Å². The Hall–Kier alpha value is -1.71. The van der Waals surface area contributed by atoms with Crippen molar-refractivity contribution in [3.63, 3.8) is 0 Å². The van der Waals surface area contributed by atoms with E-state index in [9.17, 15) is 4.79 Å². The van der Waals surface area contributed by atoms with Gasteiger partial charge in [0.15, 0.2) is 0 Å². The summed E-state index contributed by atoms with van der Waals surface area (Å²) >= 11 is 0. The second-order valence-corrected chi connectivity index (χ2v) is 4.77. The third-order valence-electron chi connectivity index (χ3n) is 3.25. The number of hydrogen-bond acceptors (Lipinski definition) is 3. The number of benzene rings is 1. The number of nitrogen functional groups attached to an aromatic ring is 1. The Balaban J connectivity index is 1.59. The van der Waals surface area contributed by atoms with Crippen LogP contribution < -0.4 is 15.8 Å². The van der Waals surface area contributed by atoms with E-state index < -0.39 is 0 Å². The third kappa shape index (κ3) is 3.95. The maximum absolute atomic E-state index is 11.5. The van der Waals surface area contributed by atoms with Gasteiger partial charge in [0.2, 0.25) is 5.91 Å². The summed E-state index contributed by atoms with van der Waals surface area (Å²) in [6.07, 6.45) is 4.34. The Labute approximate surface area is 108 Å². The van der Waals surface area contributed by atoms with E-state index >= 15 is 0 Å². The van der Waals surface area contributed by atoms with E-state index in [-0.39, 0.29) is 5.91 Å². The number of carbonyl (C=O) groups excluding carboxylic acids is 1. The molecule has 3 N–H and O–H groups in total. The predicted octanol–water partition coefficient (Wildman–Crippen LogP) is 1.95. The first kappa shape index (κ1) is 12.7. The van der Waals surface area contributed by atoms with Gasteiger partial charge >= 0.3 is 0 Å². The van der Waals surface area contributed by atoms with Gasteiger partial charge < -0.3 is 15.8 Å². The monoisotopic (exact) mass is 248 g/mol. The Morgan fingerprint density at radius 2 is 2.28 bits per heavy atom. The lowest BCUT2D eigenvalue weighted by molar-refractivity contribution is -0.122. The number of hydrogen-bond donors (Lipinski definition) is 2. The molecule has 0 atom stereocenters. The van der Waals surface area contributed by atoms with E-state index in [1.807, 2.05) is 18.2 Å².